The maximum Gasteiger partial charge on any atom is 1.00 e. The zero-order valence-corrected chi connectivity index (χ0v) is 16.4. The molecule has 0 aromatic heterocycles. The van der Waals surface area contributed by atoms with Crippen LogP contribution in [0.3, 0.4) is 0 Å². The van der Waals surface area contributed by atoms with Gasteiger partial charge in [-0.2, -0.15) is 0 Å². The first-order valence-corrected chi connectivity index (χ1v) is 7.48. The van der Waals surface area contributed by atoms with Crippen LogP contribution in [0.5, 0.6) is 0 Å². The van der Waals surface area contributed by atoms with Gasteiger partial charge in [0.05, 0.1) is 6.61 Å². The van der Waals surface area contributed by atoms with Crippen molar-refractivity contribution in [2.24, 2.45) is 0 Å². The van der Waals surface area contributed by atoms with E-state index < -0.39 is 0 Å². The Morgan fingerprint density at radius 1 is 0.941 bits per heavy atom. The van der Waals surface area contributed by atoms with Gasteiger partial charge in [0.15, 0.2) is 0 Å². The molecule has 4 heteroatoms. The van der Waals surface area contributed by atoms with Gasteiger partial charge in [0, 0.05) is 0 Å². The smallest absolute Gasteiger partial charge is 1.00 e. The van der Waals surface area contributed by atoms with Crippen LogP contribution in [-0.2, 0) is 4.74 Å². The van der Waals surface area contributed by atoms with Crippen LogP contribution in [0.1, 0.15) is 72.6 Å². The molecule has 0 aliphatic heterocycles. The molecule has 0 aromatic carbocycles. The first kappa shape index (κ1) is 21.2. The fourth-order valence-electron chi connectivity index (χ4n) is 1.75. The van der Waals surface area contributed by atoms with Crippen molar-refractivity contribution in [3.63, 3.8) is 0 Å². The minimum absolute atomic E-state index is 0. The van der Waals surface area contributed by atoms with Crippen molar-refractivity contribution >= 4 is 29.2 Å². The third-order valence-corrected chi connectivity index (χ3v) is 2.97. The summed E-state index contributed by atoms with van der Waals surface area (Å²) in [6.45, 7) is 3.00. The molecule has 0 bridgehead atoms. The molecule has 0 amide bonds. The summed E-state index contributed by atoms with van der Waals surface area (Å²) in [5.74, 6) is 0. The Kier molecular flexibility index (Phi) is 22.3. The van der Waals surface area contributed by atoms with Crippen LogP contribution in [0.2, 0.25) is 0 Å². The summed E-state index contributed by atoms with van der Waals surface area (Å²) in [4.78, 5) is 0. The molecule has 0 unspecified atom stereocenters. The van der Waals surface area contributed by atoms with Crippen LogP contribution in [0.15, 0.2) is 0 Å². The van der Waals surface area contributed by atoms with Gasteiger partial charge in [-0.1, -0.05) is 77.3 Å². The summed E-state index contributed by atoms with van der Waals surface area (Å²) >= 11 is 8.61. The Morgan fingerprint density at radius 3 is 1.76 bits per heavy atom. The Labute approximate surface area is 162 Å². The van der Waals surface area contributed by atoms with Crippen molar-refractivity contribution in [1.29, 1.82) is 0 Å². The van der Waals surface area contributed by atoms with Crippen LogP contribution >= 0.6 is 24.8 Å². The molecule has 0 aliphatic carbocycles. The van der Waals surface area contributed by atoms with E-state index in [2.05, 4.69) is 19.6 Å². The van der Waals surface area contributed by atoms with Crippen LogP contribution in [-0.4, -0.2) is 11.0 Å². The molecular formula is C13H27KOS2. The summed E-state index contributed by atoms with van der Waals surface area (Å²) in [5, 5.41) is 0. The predicted octanol–water partition coefficient (Wildman–Crippen LogP) is 2.26. The molecule has 1 nitrogen and oxygen atoms in total. The maximum absolute atomic E-state index is 5.11. The van der Waals surface area contributed by atoms with E-state index in [1.165, 1.54) is 57.8 Å². The minimum atomic E-state index is 0. The van der Waals surface area contributed by atoms with Crippen LogP contribution in [0.25, 0.3) is 0 Å². The quantitative estimate of drug-likeness (QED) is 0.271. The van der Waals surface area contributed by atoms with E-state index in [1.54, 1.807) is 0 Å². The van der Waals surface area contributed by atoms with E-state index in [4.69, 9.17) is 17.0 Å². The van der Waals surface area contributed by atoms with Gasteiger partial charge in [0.25, 0.3) is 0 Å². The monoisotopic (exact) mass is 302 g/mol. The molecule has 0 aromatic rings. The molecular weight excluding hydrogens is 275 g/mol. The molecule has 0 fully saturated rings. The topological polar surface area (TPSA) is 9.23 Å². The van der Waals surface area contributed by atoms with E-state index in [1.807, 2.05) is 0 Å². The largest absolute Gasteiger partial charge is 1.00 e. The Bertz CT molecular complexity index is 171. The number of hydrogen-bond acceptors (Lipinski definition) is 2. The van der Waals surface area contributed by atoms with Gasteiger partial charge in [-0.25, -0.2) is 0 Å². The summed E-state index contributed by atoms with van der Waals surface area (Å²) < 4.78 is 5.48. The van der Waals surface area contributed by atoms with Gasteiger partial charge in [0.2, 0.25) is 4.38 Å². The minimum Gasteiger partial charge on any atom is -1.00 e. The van der Waals surface area contributed by atoms with E-state index in [0.717, 1.165) is 13.0 Å². The molecule has 17 heavy (non-hydrogen) atoms. The molecule has 0 spiro atoms. The fourth-order valence-corrected chi connectivity index (χ4v) is 1.92. The standard InChI is InChI=1S/C13H26OS2.K.H/c1-2-3-4-5-6-7-8-9-10-11-12-14-13(15)16;;/h2-12H2,1H3,(H,15,16);;/q;+1;-1. The Morgan fingerprint density at radius 2 is 1.35 bits per heavy atom. The van der Waals surface area contributed by atoms with E-state index in [0.29, 0.717) is 4.38 Å². The fraction of sp³-hybridized carbons (Fsp3) is 0.923. The molecule has 98 valence electrons. The van der Waals surface area contributed by atoms with Gasteiger partial charge >= 0.3 is 51.4 Å². The molecule has 0 N–H and O–H groups in total. The van der Waals surface area contributed by atoms with E-state index >= 15 is 0 Å². The van der Waals surface area contributed by atoms with Crippen molar-refractivity contribution in [1.82, 2.24) is 0 Å². The molecule has 0 saturated carbocycles. The Hall–Kier alpha value is 1.88. The zero-order chi connectivity index (χ0) is 12.1. The van der Waals surface area contributed by atoms with Crippen molar-refractivity contribution in [3.05, 3.63) is 0 Å². The number of thiocarbonyl (C=S) groups is 1. The first-order valence-electron chi connectivity index (χ1n) is 6.63. The van der Waals surface area contributed by atoms with Gasteiger partial charge in [-0.3, -0.25) is 0 Å². The SMILES string of the molecule is CCCCCCCCCCCCOC(=S)S.[H-].[K+]. The van der Waals surface area contributed by atoms with Gasteiger partial charge < -0.3 is 6.16 Å². The van der Waals surface area contributed by atoms with Crippen LogP contribution in [0, 0.1) is 0 Å². The number of unbranched alkanes of at least 4 members (excludes halogenated alkanes) is 9. The average molecular weight is 303 g/mol. The molecule has 0 heterocycles. The molecule has 0 rings (SSSR count). The average Bonchev–Trinajstić information content (AvgIpc) is 2.25. The van der Waals surface area contributed by atoms with E-state index in [-0.39, 0.29) is 52.8 Å². The van der Waals surface area contributed by atoms with Crippen molar-refractivity contribution < 1.29 is 57.5 Å². The molecule has 0 radical (unpaired) electrons. The maximum atomic E-state index is 5.11. The van der Waals surface area contributed by atoms with Crippen molar-refractivity contribution in [2.75, 3.05) is 6.61 Å². The first-order chi connectivity index (χ1) is 7.77. The second kappa shape index (κ2) is 17.9. The number of thiol groups is 1. The molecule has 0 saturated heterocycles. The van der Waals surface area contributed by atoms with Gasteiger partial charge in [-0.15, -0.1) is 0 Å². The van der Waals surface area contributed by atoms with Gasteiger partial charge in [-0.05, 0) is 18.6 Å². The zero-order valence-electron chi connectivity index (χ0n) is 12.5. The van der Waals surface area contributed by atoms with Gasteiger partial charge in [0.1, 0.15) is 0 Å². The predicted molar refractivity (Wildman–Crippen MR) is 80.5 cm³/mol. The Balaban J connectivity index is -0.00000112. The summed E-state index contributed by atoms with van der Waals surface area (Å²) in [6.07, 6.45) is 13.5. The number of hydrogen-bond donors (Lipinski definition) is 1. The second-order valence-corrected chi connectivity index (χ2v) is 5.38. The third-order valence-electron chi connectivity index (χ3n) is 2.72. The summed E-state index contributed by atoms with van der Waals surface area (Å²) in [6, 6.07) is 0. The number of ether oxygens (including phenoxy) is 1. The third kappa shape index (κ3) is 20.4. The molecule has 0 atom stereocenters. The van der Waals surface area contributed by atoms with Crippen molar-refractivity contribution in [3.8, 4) is 0 Å². The second-order valence-electron chi connectivity index (χ2n) is 4.30. The van der Waals surface area contributed by atoms with Crippen LogP contribution < -0.4 is 51.4 Å². The molecule has 0 aliphatic rings. The summed E-state index contributed by atoms with van der Waals surface area (Å²) in [7, 11) is 0. The van der Waals surface area contributed by atoms with E-state index in [9.17, 15) is 0 Å². The summed E-state index contributed by atoms with van der Waals surface area (Å²) in [5.41, 5.74) is 0. The van der Waals surface area contributed by atoms with Crippen molar-refractivity contribution in [2.45, 2.75) is 71.1 Å². The normalized spacial score (nSPS) is 9.76. The van der Waals surface area contributed by atoms with Crippen LogP contribution in [0.4, 0.5) is 0 Å². The number of rotatable bonds is 11.